The van der Waals surface area contributed by atoms with Crippen LogP contribution >= 0.6 is 0 Å². The van der Waals surface area contributed by atoms with Crippen molar-refractivity contribution in [1.29, 1.82) is 0 Å². The minimum atomic E-state index is 0. The van der Waals surface area contributed by atoms with E-state index in [4.69, 9.17) is 0 Å². The molecule has 13 heavy (non-hydrogen) atoms. The van der Waals surface area contributed by atoms with Crippen molar-refractivity contribution in [2.24, 2.45) is 17.8 Å². The first-order valence-electron chi connectivity index (χ1n) is 5.40. The molecule has 0 N–H and O–H groups in total. The third-order valence-electron chi connectivity index (χ3n) is 2.83. The van der Waals surface area contributed by atoms with Crippen molar-refractivity contribution in [3.63, 3.8) is 0 Å². The van der Waals surface area contributed by atoms with Gasteiger partial charge in [0.05, 0.1) is 0 Å². The second-order valence-corrected chi connectivity index (χ2v) is 3.61. The summed E-state index contributed by atoms with van der Waals surface area (Å²) in [4.78, 5) is 0. The average Bonchev–Trinajstić information content (AvgIpc) is 2.13. The normalized spacial score (nSPS) is 32.5. The number of hydrogen-bond donors (Lipinski definition) is 0. The zero-order valence-corrected chi connectivity index (χ0v) is 12.3. The van der Waals surface area contributed by atoms with E-state index in [9.17, 15) is 0 Å². The van der Waals surface area contributed by atoms with Crippen LogP contribution < -0.4 is 0 Å². The molecule has 0 nitrogen and oxygen atoms in total. The van der Waals surface area contributed by atoms with Crippen LogP contribution in [0.3, 0.4) is 0 Å². The molecular weight excluding hydrogens is 328 g/mol. The van der Waals surface area contributed by atoms with Gasteiger partial charge in [0.2, 0.25) is 0 Å². The Balaban J connectivity index is 0. The molecule has 0 bridgehead atoms. The van der Waals surface area contributed by atoms with Crippen molar-refractivity contribution in [3.8, 4) is 0 Å². The van der Waals surface area contributed by atoms with Crippen LogP contribution in [0.1, 0.15) is 46.5 Å². The first kappa shape index (κ1) is 16.1. The maximum Gasteiger partial charge on any atom is 2.00 e. The van der Waals surface area contributed by atoms with Crippen molar-refractivity contribution < 1.29 is 21.1 Å². The summed E-state index contributed by atoms with van der Waals surface area (Å²) in [5.41, 5.74) is 0. The summed E-state index contributed by atoms with van der Waals surface area (Å²) < 4.78 is 0. The summed E-state index contributed by atoms with van der Waals surface area (Å²) in [6, 6.07) is 0. The Hall–Kier alpha value is 0.688. The van der Waals surface area contributed by atoms with E-state index in [1.165, 1.54) is 25.7 Å². The molecule has 0 aromatic heterocycles. The molecule has 0 aromatic rings. The average molecular weight is 352 g/mol. The van der Waals surface area contributed by atoms with E-state index in [1.54, 1.807) is 0 Å². The van der Waals surface area contributed by atoms with E-state index in [-0.39, 0.29) is 21.1 Å². The molecule has 0 aliphatic heterocycles. The molecular formula is C12H24W. The van der Waals surface area contributed by atoms with Crippen LogP contribution in [0.2, 0.25) is 0 Å². The SMILES string of the molecule is CC.[CH2-]C1CCC(CC)CC1[CH2-].[W+2]. The van der Waals surface area contributed by atoms with Gasteiger partial charge in [-0.05, 0) is 5.92 Å². The largest absolute Gasteiger partial charge is 2.00 e. The van der Waals surface area contributed by atoms with E-state index in [0.717, 1.165) is 5.92 Å². The van der Waals surface area contributed by atoms with Crippen LogP contribution in [0.4, 0.5) is 0 Å². The zero-order valence-electron chi connectivity index (χ0n) is 9.38. The Labute approximate surface area is 99.1 Å². The van der Waals surface area contributed by atoms with Crippen molar-refractivity contribution in [2.45, 2.75) is 46.5 Å². The van der Waals surface area contributed by atoms with Gasteiger partial charge in [-0.3, -0.25) is 0 Å². The summed E-state index contributed by atoms with van der Waals surface area (Å²) in [5.74, 6) is 2.20. The van der Waals surface area contributed by atoms with Gasteiger partial charge in [-0.15, -0.1) is 0 Å². The molecule has 78 valence electrons. The third-order valence-corrected chi connectivity index (χ3v) is 2.83. The fourth-order valence-corrected chi connectivity index (χ4v) is 1.79. The van der Waals surface area contributed by atoms with Gasteiger partial charge in [0, 0.05) is 0 Å². The van der Waals surface area contributed by atoms with Crippen LogP contribution in [0, 0.1) is 31.6 Å². The summed E-state index contributed by atoms with van der Waals surface area (Å²) in [5, 5.41) is 0. The van der Waals surface area contributed by atoms with Crippen molar-refractivity contribution in [2.75, 3.05) is 0 Å². The van der Waals surface area contributed by atoms with E-state index in [0.29, 0.717) is 11.8 Å². The second-order valence-electron chi connectivity index (χ2n) is 3.61. The molecule has 1 saturated carbocycles. The van der Waals surface area contributed by atoms with Crippen LogP contribution in [-0.2, 0) is 21.1 Å². The van der Waals surface area contributed by atoms with Crippen LogP contribution in [-0.4, -0.2) is 0 Å². The van der Waals surface area contributed by atoms with E-state index in [2.05, 4.69) is 20.8 Å². The smallest absolute Gasteiger partial charge is 0.342 e. The Bertz CT molecular complexity index is 101. The predicted molar refractivity (Wildman–Crippen MR) is 56.7 cm³/mol. The Morgan fingerprint density at radius 3 is 2.00 bits per heavy atom. The molecule has 0 saturated heterocycles. The summed E-state index contributed by atoms with van der Waals surface area (Å²) in [7, 11) is 0. The molecule has 1 heteroatoms. The fraction of sp³-hybridized carbons (Fsp3) is 0.833. The topological polar surface area (TPSA) is 0 Å². The molecule has 0 radical (unpaired) electrons. The van der Waals surface area contributed by atoms with E-state index < -0.39 is 0 Å². The van der Waals surface area contributed by atoms with Gasteiger partial charge in [0.1, 0.15) is 0 Å². The molecule has 0 amide bonds. The van der Waals surface area contributed by atoms with Crippen molar-refractivity contribution in [3.05, 3.63) is 13.8 Å². The summed E-state index contributed by atoms with van der Waals surface area (Å²) in [6.07, 6.45) is 5.33. The van der Waals surface area contributed by atoms with Gasteiger partial charge < -0.3 is 13.8 Å². The minimum absolute atomic E-state index is 0. The summed E-state index contributed by atoms with van der Waals surface area (Å²) in [6.45, 7) is 14.5. The van der Waals surface area contributed by atoms with Crippen LogP contribution in [0.25, 0.3) is 0 Å². The second kappa shape index (κ2) is 9.25. The molecule has 3 atom stereocenters. The van der Waals surface area contributed by atoms with Gasteiger partial charge in [0.25, 0.3) is 0 Å². The Kier molecular flexibility index (Phi) is 11.5. The maximum atomic E-state index is 4.11. The Morgan fingerprint density at radius 1 is 1.08 bits per heavy atom. The Morgan fingerprint density at radius 2 is 1.62 bits per heavy atom. The van der Waals surface area contributed by atoms with Gasteiger partial charge >= 0.3 is 21.1 Å². The minimum Gasteiger partial charge on any atom is -0.342 e. The molecule has 0 spiro atoms. The van der Waals surface area contributed by atoms with E-state index >= 15 is 0 Å². The zero-order chi connectivity index (χ0) is 9.56. The van der Waals surface area contributed by atoms with Crippen LogP contribution in [0.5, 0.6) is 0 Å². The van der Waals surface area contributed by atoms with Crippen molar-refractivity contribution >= 4 is 0 Å². The van der Waals surface area contributed by atoms with Gasteiger partial charge in [0.15, 0.2) is 0 Å². The summed E-state index contributed by atoms with van der Waals surface area (Å²) >= 11 is 0. The molecule has 1 fully saturated rings. The van der Waals surface area contributed by atoms with Gasteiger partial charge in [-0.2, -0.15) is 11.8 Å². The first-order valence-corrected chi connectivity index (χ1v) is 5.40. The molecule has 0 aromatic carbocycles. The molecule has 3 unspecified atom stereocenters. The van der Waals surface area contributed by atoms with Crippen LogP contribution in [0.15, 0.2) is 0 Å². The third kappa shape index (κ3) is 5.89. The van der Waals surface area contributed by atoms with Crippen molar-refractivity contribution in [1.82, 2.24) is 0 Å². The molecule has 0 heterocycles. The number of hydrogen-bond acceptors (Lipinski definition) is 0. The quantitative estimate of drug-likeness (QED) is 0.623. The monoisotopic (exact) mass is 352 g/mol. The molecule has 1 aliphatic rings. The fourth-order valence-electron chi connectivity index (χ4n) is 1.79. The van der Waals surface area contributed by atoms with Gasteiger partial charge in [-0.1, -0.05) is 46.5 Å². The molecule has 1 rings (SSSR count). The van der Waals surface area contributed by atoms with Gasteiger partial charge in [-0.25, -0.2) is 0 Å². The first-order chi connectivity index (χ1) is 5.74. The standard InChI is InChI=1S/C10H18.C2H6.W/c1-4-10-6-5-8(2)9(3)7-10;1-2;/h8-10H,2-7H2,1H3;1-2H3;/q-2;;+2. The maximum absolute atomic E-state index is 4.11. The predicted octanol–water partition coefficient (Wildman–Crippen LogP) is 4.12. The molecule has 1 aliphatic carbocycles. The van der Waals surface area contributed by atoms with E-state index in [1.807, 2.05) is 13.8 Å². The number of rotatable bonds is 1.